The molecular formula is C22H34N2O. The second-order valence-electron chi connectivity index (χ2n) is 9.46. The van der Waals surface area contributed by atoms with E-state index in [1.807, 2.05) is 0 Å². The minimum atomic E-state index is 0.138. The Labute approximate surface area is 152 Å². The number of fused-ring (bicyclic) bond motifs is 2. The van der Waals surface area contributed by atoms with Gasteiger partial charge in [0.05, 0.1) is 0 Å². The number of aromatic nitrogens is 1. The first-order valence-corrected chi connectivity index (χ1v) is 10.1. The van der Waals surface area contributed by atoms with Gasteiger partial charge in [0.25, 0.3) is 0 Å². The van der Waals surface area contributed by atoms with Crippen LogP contribution in [0.1, 0.15) is 50.8 Å². The molecule has 0 amide bonds. The molecule has 0 aromatic carbocycles. The highest BCUT2D eigenvalue weighted by Gasteiger charge is 2.56. The lowest BCUT2D eigenvalue weighted by atomic mass is 9.49. The van der Waals surface area contributed by atoms with Gasteiger partial charge in [-0.1, -0.05) is 26.0 Å². The summed E-state index contributed by atoms with van der Waals surface area (Å²) in [6, 6.07) is 2.24. The van der Waals surface area contributed by atoms with Crippen molar-refractivity contribution in [2.24, 2.45) is 40.2 Å². The van der Waals surface area contributed by atoms with Crippen molar-refractivity contribution in [1.29, 1.82) is 0 Å². The van der Waals surface area contributed by atoms with E-state index in [9.17, 15) is 5.11 Å². The number of H-pyrrole nitrogens is 1. The lowest BCUT2D eigenvalue weighted by Gasteiger charge is -2.55. The van der Waals surface area contributed by atoms with Crippen LogP contribution >= 0.6 is 0 Å². The third kappa shape index (κ3) is 2.39. The van der Waals surface area contributed by atoms with E-state index in [-0.39, 0.29) is 12.0 Å². The highest BCUT2D eigenvalue weighted by Crippen LogP contribution is 2.62. The van der Waals surface area contributed by atoms with Crippen molar-refractivity contribution in [3.63, 3.8) is 0 Å². The van der Waals surface area contributed by atoms with E-state index >= 15 is 0 Å². The van der Waals surface area contributed by atoms with Gasteiger partial charge in [-0.25, -0.2) is 0 Å². The van der Waals surface area contributed by atoms with Crippen molar-refractivity contribution in [3.8, 4) is 0 Å². The summed E-state index contributed by atoms with van der Waals surface area (Å²) >= 11 is 0. The molecule has 0 spiro atoms. The van der Waals surface area contributed by atoms with Crippen LogP contribution in [0.4, 0.5) is 0 Å². The van der Waals surface area contributed by atoms with Crippen LogP contribution in [0.2, 0.25) is 0 Å². The number of hydrogen-bond acceptors (Lipinski definition) is 2. The maximum absolute atomic E-state index is 10.2. The average Bonchev–Trinajstić information content (AvgIpc) is 3.17. The molecule has 6 atom stereocenters. The van der Waals surface area contributed by atoms with Gasteiger partial charge in [0.2, 0.25) is 0 Å². The van der Waals surface area contributed by atoms with Crippen LogP contribution in [-0.4, -0.2) is 23.2 Å². The van der Waals surface area contributed by atoms with Gasteiger partial charge in [-0.15, -0.1) is 0 Å². The molecule has 3 aliphatic carbocycles. The Kier molecular flexibility index (Phi) is 4.16. The monoisotopic (exact) mass is 342 g/mol. The van der Waals surface area contributed by atoms with E-state index < -0.39 is 0 Å². The highest BCUT2D eigenvalue weighted by molar-refractivity contribution is 5.28. The minimum absolute atomic E-state index is 0.138. The smallest absolute Gasteiger partial charge is 0.0468 e. The topological polar surface area (TPSA) is 62.0 Å². The van der Waals surface area contributed by atoms with Crippen molar-refractivity contribution in [1.82, 2.24) is 4.98 Å². The van der Waals surface area contributed by atoms with Crippen LogP contribution in [0, 0.1) is 34.5 Å². The molecule has 3 heteroatoms. The molecule has 0 bridgehead atoms. The van der Waals surface area contributed by atoms with Gasteiger partial charge in [-0.3, -0.25) is 0 Å². The molecule has 0 radical (unpaired) electrons. The molecule has 2 fully saturated rings. The first-order valence-electron chi connectivity index (χ1n) is 10.1. The zero-order chi connectivity index (χ0) is 17.8. The van der Waals surface area contributed by atoms with Gasteiger partial charge in [0, 0.05) is 18.5 Å². The third-order valence-corrected chi connectivity index (χ3v) is 8.62. The fourth-order valence-corrected chi connectivity index (χ4v) is 6.87. The summed E-state index contributed by atoms with van der Waals surface area (Å²) in [5.74, 6) is 2.15. The second kappa shape index (κ2) is 5.99. The molecule has 3 aliphatic rings. The molecule has 1 aromatic heterocycles. The van der Waals surface area contributed by atoms with Crippen molar-refractivity contribution in [2.45, 2.75) is 52.4 Å². The minimum Gasteiger partial charge on any atom is -0.396 e. The molecule has 1 aromatic rings. The van der Waals surface area contributed by atoms with Gasteiger partial charge in [0.1, 0.15) is 0 Å². The third-order valence-electron chi connectivity index (χ3n) is 8.62. The summed E-state index contributed by atoms with van der Waals surface area (Å²) < 4.78 is 0. The fraction of sp³-hybridized carbons (Fsp3) is 0.727. The summed E-state index contributed by atoms with van der Waals surface area (Å²) in [4.78, 5) is 3.39. The quantitative estimate of drug-likeness (QED) is 0.734. The van der Waals surface area contributed by atoms with Crippen LogP contribution in [0.5, 0.6) is 0 Å². The SMILES string of the molecule is C=C1CC[C@H]2[C@H](CN)[C@@H]([C@@]3(C)Cc4cc[nH]c4C[C@@H]3CO)CC[C@]12C. The number of rotatable bonds is 3. The summed E-state index contributed by atoms with van der Waals surface area (Å²) in [6.07, 6.45) is 8.99. The normalized spacial score (nSPS) is 43.8. The Morgan fingerprint density at radius 2 is 2.12 bits per heavy atom. The molecule has 4 rings (SSSR count). The molecule has 0 saturated heterocycles. The van der Waals surface area contributed by atoms with E-state index in [2.05, 4.69) is 37.7 Å². The summed E-state index contributed by atoms with van der Waals surface area (Å²) in [6.45, 7) is 10.3. The van der Waals surface area contributed by atoms with Crippen LogP contribution < -0.4 is 5.73 Å². The standard InChI is InChI=1S/C22H34N2O/c1-14-4-5-18-17(12-23)19(6-8-21(14,18)2)22(3)11-15-7-9-24-20(15)10-16(22)13-25/h7,9,16-19,24-25H,1,4-6,8,10-13,23H2,2-3H3/t16-,17+,18+,19+,21-,22+/m1/s1. The van der Waals surface area contributed by atoms with Crippen LogP contribution in [-0.2, 0) is 12.8 Å². The number of nitrogens with one attached hydrogen (secondary N) is 1. The number of aromatic amines is 1. The Bertz CT molecular complexity index is 665. The molecule has 1 heterocycles. The predicted octanol–water partition coefficient (Wildman–Crippen LogP) is 3.69. The van der Waals surface area contributed by atoms with Crippen molar-refractivity contribution in [3.05, 3.63) is 35.7 Å². The lowest BCUT2D eigenvalue weighted by molar-refractivity contribution is -0.0536. The zero-order valence-corrected chi connectivity index (χ0v) is 15.9. The first kappa shape index (κ1) is 17.4. The zero-order valence-electron chi connectivity index (χ0n) is 15.9. The van der Waals surface area contributed by atoms with E-state index in [0.29, 0.717) is 29.1 Å². The molecule has 138 valence electrons. The molecule has 2 saturated carbocycles. The van der Waals surface area contributed by atoms with E-state index in [1.165, 1.54) is 42.5 Å². The van der Waals surface area contributed by atoms with Crippen LogP contribution in [0.15, 0.2) is 24.4 Å². The maximum atomic E-state index is 10.2. The summed E-state index contributed by atoms with van der Waals surface area (Å²) in [5, 5.41) is 10.2. The van der Waals surface area contributed by atoms with E-state index in [0.717, 1.165) is 19.4 Å². The average molecular weight is 343 g/mol. The molecule has 4 N–H and O–H groups in total. The summed E-state index contributed by atoms with van der Waals surface area (Å²) in [5.41, 5.74) is 11.0. The second-order valence-corrected chi connectivity index (χ2v) is 9.46. The summed E-state index contributed by atoms with van der Waals surface area (Å²) in [7, 11) is 0. The molecule has 25 heavy (non-hydrogen) atoms. The number of aliphatic hydroxyl groups excluding tert-OH is 1. The number of hydrogen-bond donors (Lipinski definition) is 3. The van der Waals surface area contributed by atoms with Crippen LogP contribution in [0.25, 0.3) is 0 Å². The van der Waals surface area contributed by atoms with Crippen LogP contribution in [0.3, 0.4) is 0 Å². The van der Waals surface area contributed by atoms with Crippen molar-refractivity contribution < 1.29 is 5.11 Å². The van der Waals surface area contributed by atoms with E-state index in [4.69, 9.17) is 5.73 Å². The Hall–Kier alpha value is -1.06. The number of nitrogens with two attached hydrogens (primary N) is 1. The van der Waals surface area contributed by atoms with Gasteiger partial charge < -0.3 is 15.8 Å². The Morgan fingerprint density at radius 1 is 1.32 bits per heavy atom. The van der Waals surface area contributed by atoms with Gasteiger partial charge in [0.15, 0.2) is 0 Å². The fourth-order valence-electron chi connectivity index (χ4n) is 6.87. The molecular weight excluding hydrogens is 308 g/mol. The van der Waals surface area contributed by atoms with Gasteiger partial charge in [-0.2, -0.15) is 0 Å². The highest BCUT2D eigenvalue weighted by atomic mass is 16.3. The first-order chi connectivity index (χ1) is 11.9. The Morgan fingerprint density at radius 3 is 2.84 bits per heavy atom. The number of allylic oxidation sites excluding steroid dienone is 1. The van der Waals surface area contributed by atoms with E-state index in [1.54, 1.807) is 0 Å². The number of aliphatic hydroxyl groups is 1. The van der Waals surface area contributed by atoms with Gasteiger partial charge >= 0.3 is 0 Å². The van der Waals surface area contributed by atoms with Crippen molar-refractivity contribution >= 4 is 0 Å². The molecule has 0 unspecified atom stereocenters. The molecule has 3 nitrogen and oxygen atoms in total. The maximum Gasteiger partial charge on any atom is 0.0468 e. The molecule has 0 aliphatic heterocycles. The predicted molar refractivity (Wildman–Crippen MR) is 102 cm³/mol. The van der Waals surface area contributed by atoms with Crippen molar-refractivity contribution in [2.75, 3.05) is 13.2 Å². The largest absolute Gasteiger partial charge is 0.396 e. The lowest BCUT2D eigenvalue weighted by Crippen LogP contribution is -2.53. The van der Waals surface area contributed by atoms with Gasteiger partial charge in [-0.05, 0) is 91.2 Å². The Balaban J connectivity index is 1.69.